The third kappa shape index (κ3) is 4.00. The van der Waals surface area contributed by atoms with Crippen LogP contribution in [0.1, 0.15) is 55.6 Å². The van der Waals surface area contributed by atoms with Crippen LogP contribution in [-0.4, -0.2) is 47.1 Å². The molecule has 2 aliphatic rings. The van der Waals surface area contributed by atoms with Crippen molar-refractivity contribution in [3.63, 3.8) is 0 Å². The maximum Gasteiger partial charge on any atom is 0.271 e. The molecule has 7 nitrogen and oxygen atoms in total. The number of hydrogen-bond donors (Lipinski definition) is 1. The number of ether oxygens (including phenoxy) is 2. The van der Waals surface area contributed by atoms with Crippen LogP contribution in [0.5, 0.6) is 11.5 Å². The largest absolute Gasteiger partial charge is 0.496 e. The molecule has 2 heterocycles. The molecule has 0 bridgehead atoms. The van der Waals surface area contributed by atoms with Gasteiger partial charge in [0.05, 0.1) is 26.3 Å². The second-order valence-corrected chi connectivity index (χ2v) is 10.3. The molecular formula is C29H35N3O4. The number of carbonyl (C=O) groups excluding carboxylic acids is 2. The molecular weight excluding hydrogens is 454 g/mol. The molecule has 1 saturated carbocycles. The average molecular weight is 490 g/mol. The molecule has 0 saturated heterocycles. The van der Waals surface area contributed by atoms with E-state index in [9.17, 15) is 9.59 Å². The van der Waals surface area contributed by atoms with E-state index in [0.29, 0.717) is 36.2 Å². The fraction of sp³-hybridized carbons (Fsp3) is 0.448. The Labute approximate surface area is 212 Å². The summed E-state index contributed by atoms with van der Waals surface area (Å²) in [7, 11) is 3.23. The molecule has 3 aromatic rings. The van der Waals surface area contributed by atoms with Gasteiger partial charge in [-0.05, 0) is 49.4 Å². The summed E-state index contributed by atoms with van der Waals surface area (Å²) in [6, 6.07) is 15.5. The summed E-state index contributed by atoms with van der Waals surface area (Å²) in [6.07, 6.45) is 4.39. The summed E-state index contributed by atoms with van der Waals surface area (Å²) < 4.78 is 13.2. The number of carbonyl (C=O) groups is 2. The van der Waals surface area contributed by atoms with Gasteiger partial charge >= 0.3 is 0 Å². The molecule has 1 N–H and O–H groups in total. The van der Waals surface area contributed by atoms with Gasteiger partial charge in [-0.1, -0.05) is 50.1 Å². The highest BCUT2D eigenvalue weighted by atomic mass is 16.5. The van der Waals surface area contributed by atoms with Crippen LogP contribution in [-0.2, 0) is 17.9 Å². The molecule has 1 aromatic heterocycles. The molecule has 0 spiro atoms. The van der Waals surface area contributed by atoms with Crippen molar-refractivity contribution < 1.29 is 19.1 Å². The summed E-state index contributed by atoms with van der Waals surface area (Å²) in [5, 5.41) is 4.13. The molecule has 3 atom stereocenters. The van der Waals surface area contributed by atoms with Gasteiger partial charge in [0.1, 0.15) is 22.7 Å². The summed E-state index contributed by atoms with van der Waals surface area (Å²) >= 11 is 0. The molecule has 2 aromatic carbocycles. The quantitative estimate of drug-likeness (QED) is 0.542. The number of amides is 2. The van der Waals surface area contributed by atoms with E-state index in [-0.39, 0.29) is 17.9 Å². The number of rotatable bonds is 6. The number of methoxy groups -OCH3 is 2. The van der Waals surface area contributed by atoms with Crippen LogP contribution < -0.4 is 14.8 Å². The fourth-order valence-corrected chi connectivity index (χ4v) is 5.82. The van der Waals surface area contributed by atoms with Crippen LogP contribution in [0.2, 0.25) is 0 Å². The van der Waals surface area contributed by atoms with E-state index in [1.165, 1.54) is 6.42 Å². The van der Waals surface area contributed by atoms with Crippen molar-refractivity contribution >= 4 is 22.7 Å². The molecule has 1 aliphatic carbocycles. The van der Waals surface area contributed by atoms with Crippen molar-refractivity contribution in [2.75, 3.05) is 14.2 Å². The van der Waals surface area contributed by atoms with Crippen LogP contribution in [0.4, 0.5) is 0 Å². The van der Waals surface area contributed by atoms with Gasteiger partial charge in [-0.3, -0.25) is 9.59 Å². The monoisotopic (exact) mass is 489 g/mol. The first-order valence-corrected chi connectivity index (χ1v) is 12.8. The Bertz CT molecular complexity index is 1280. The molecule has 0 radical (unpaired) electrons. The Morgan fingerprint density at radius 3 is 2.44 bits per heavy atom. The molecule has 5 rings (SSSR count). The maximum atomic E-state index is 14.1. The molecule has 36 heavy (non-hydrogen) atoms. The molecule has 0 unspecified atom stereocenters. The third-order valence-electron chi connectivity index (χ3n) is 8.05. The predicted octanol–water partition coefficient (Wildman–Crippen LogP) is 4.77. The van der Waals surface area contributed by atoms with Crippen molar-refractivity contribution in [3.8, 4) is 11.5 Å². The standard InChI is InChI=1S/C29H35N3O4/c1-19-10-8-9-13-22(19)30-28(34)29(2)18-31-23(27(33)32(29)17-20-11-6-5-7-12-20)16-21-24(35-3)14-15-25(36-4)26(21)31/h5-7,11-12,14-16,19,22H,8-10,13,17-18H2,1-4H3,(H,30,34)/t19-,22-,29+/m0/s1. The summed E-state index contributed by atoms with van der Waals surface area (Å²) in [5.41, 5.74) is 1.19. The van der Waals surface area contributed by atoms with E-state index in [0.717, 1.165) is 35.7 Å². The zero-order valence-corrected chi connectivity index (χ0v) is 21.5. The minimum Gasteiger partial charge on any atom is -0.496 e. The van der Waals surface area contributed by atoms with E-state index < -0.39 is 5.54 Å². The fourth-order valence-electron chi connectivity index (χ4n) is 5.82. The molecule has 1 fully saturated rings. The lowest BCUT2D eigenvalue weighted by atomic mass is 9.85. The second kappa shape index (κ2) is 9.52. The number of aromatic nitrogens is 1. The van der Waals surface area contributed by atoms with Gasteiger partial charge in [-0.15, -0.1) is 0 Å². The van der Waals surface area contributed by atoms with Crippen LogP contribution in [0.3, 0.4) is 0 Å². The van der Waals surface area contributed by atoms with Gasteiger partial charge in [0.15, 0.2) is 0 Å². The van der Waals surface area contributed by atoms with Crippen molar-refractivity contribution in [2.45, 2.75) is 64.2 Å². The zero-order chi connectivity index (χ0) is 25.4. The highest BCUT2D eigenvalue weighted by Crippen LogP contribution is 2.40. The lowest BCUT2D eigenvalue weighted by Gasteiger charge is -2.45. The Morgan fingerprint density at radius 1 is 1.06 bits per heavy atom. The normalized spacial score (nSPS) is 23.9. The van der Waals surface area contributed by atoms with E-state index in [4.69, 9.17) is 9.47 Å². The molecule has 7 heteroatoms. The Balaban J connectivity index is 1.62. The summed E-state index contributed by atoms with van der Waals surface area (Å²) in [5.74, 6) is 1.43. The van der Waals surface area contributed by atoms with Crippen molar-refractivity contribution in [1.29, 1.82) is 0 Å². The zero-order valence-electron chi connectivity index (χ0n) is 21.5. The number of nitrogens with one attached hydrogen (secondary N) is 1. The van der Waals surface area contributed by atoms with Gasteiger partial charge < -0.3 is 24.3 Å². The van der Waals surface area contributed by atoms with E-state index in [2.05, 4.69) is 12.2 Å². The Morgan fingerprint density at radius 2 is 1.75 bits per heavy atom. The number of hydrogen-bond acceptors (Lipinski definition) is 4. The molecule has 1 aliphatic heterocycles. The Hall–Kier alpha value is -3.48. The van der Waals surface area contributed by atoms with Crippen molar-refractivity contribution in [2.24, 2.45) is 5.92 Å². The minimum atomic E-state index is -1.09. The number of nitrogens with zero attached hydrogens (tertiary/aromatic N) is 2. The number of fused-ring (bicyclic) bond motifs is 3. The number of benzene rings is 2. The second-order valence-electron chi connectivity index (χ2n) is 10.3. The van der Waals surface area contributed by atoms with Crippen LogP contribution in [0.25, 0.3) is 10.9 Å². The molecule has 2 amide bonds. The van der Waals surface area contributed by atoms with Gasteiger partial charge in [-0.2, -0.15) is 0 Å². The van der Waals surface area contributed by atoms with Crippen molar-refractivity contribution in [1.82, 2.24) is 14.8 Å². The topological polar surface area (TPSA) is 72.8 Å². The van der Waals surface area contributed by atoms with E-state index in [1.54, 1.807) is 19.1 Å². The third-order valence-corrected chi connectivity index (χ3v) is 8.05. The minimum absolute atomic E-state index is 0.111. The summed E-state index contributed by atoms with van der Waals surface area (Å²) in [6.45, 7) is 4.76. The summed E-state index contributed by atoms with van der Waals surface area (Å²) in [4.78, 5) is 29.9. The van der Waals surface area contributed by atoms with Gasteiger partial charge in [0, 0.05) is 18.0 Å². The van der Waals surface area contributed by atoms with Gasteiger partial charge in [-0.25, -0.2) is 0 Å². The first-order valence-electron chi connectivity index (χ1n) is 12.8. The smallest absolute Gasteiger partial charge is 0.271 e. The lowest BCUT2D eigenvalue weighted by molar-refractivity contribution is -0.134. The lowest BCUT2D eigenvalue weighted by Crippen LogP contribution is -2.65. The SMILES string of the molecule is COc1ccc(OC)c2c1cc1n2C[C@](C)(C(=O)N[C@H]2CCCC[C@@H]2C)N(Cc2ccccc2)C1=O. The van der Waals surface area contributed by atoms with Crippen LogP contribution in [0, 0.1) is 5.92 Å². The van der Waals surface area contributed by atoms with E-state index in [1.807, 2.05) is 60.0 Å². The van der Waals surface area contributed by atoms with Gasteiger partial charge in [0.2, 0.25) is 5.91 Å². The van der Waals surface area contributed by atoms with E-state index >= 15 is 0 Å². The Kier molecular flexibility index (Phi) is 6.41. The van der Waals surface area contributed by atoms with Crippen LogP contribution in [0.15, 0.2) is 48.5 Å². The van der Waals surface area contributed by atoms with Gasteiger partial charge in [0.25, 0.3) is 5.91 Å². The first kappa shape index (κ1) is 24.2. The highest BCUT2D eigenvalue weighted by Gasteiger charge is 2.48. The molecule has 190 valence electrons. The maximum absolute atomic E-state index is 14.1. The van der Waals surface area contributed by atoms with Crippen molar-refractivity contribution in [3.05, 3.63) is 59.8 Å². The predicted molar refractivity (Wildman–Crippen MR) is 139 cm³/mol. The first-order chi connectivity index (χ1) is 17.4. The average Bonchev–Trinajstić information content (AvgIpc) is 3.27. The highest BCUT2D eigenvalue weighted by molar-refractivity contribution is 6.05. The van der Waals surface area contributed by atoms with Crippen LogP contribution >= 0.6 is 0 Å².